The molecule has 0 bridgehead atoms. The van der Waals surface area contributed by atoms with Crippen LogP contribution in [0.3, 0.4) is 0 Å². The number of nitrogens with zero attached hydrogens (tertiary/aromatic N) is 3. The van der Waals surface area contributed by atoms with E-state index < -0.39 is 6.03 Å². The van der Waals surface area contributed by atoms with Crippen molar-refractivity contribution in [1.29, 1.82) is 0 Å². The number of aromatic nitrogens is 3. The molecule has 0 spiro atoms. The van der Waals surface area contributed by atoms with Gasteiger partial charge in [0.05, 0.1) is 23.5 Å². The van der Waals surface area contributed by atoms with E-state index >= 15 is 0 Å². The first-order valence-corrected chi connectivity index (χ1v) is 12.6. The fourth-order valence-corrected chi connectivity index (χ4v) is 3.77. The second kappa shape index (κ2) is 11.9. The van der Waals surface area contributed by atoms with Gasteiger partial charge in [-0.05, 0) is 49.4 Å². The average molecular weight is 528 g/mol. The SMILES string of the molecule is COCC(=O)Cc1cc(Oc2ccc(NC(=O)Nc3cc(C(C)(C)C)nn3-c3ccc(C)cc3)cc2)ccn1. The summed E-state index contributed by atoms with van der Waals surface area (Å²) in [6.07, 6.45) is 1.76. The van der Waals surface area contributed by atoms with E-state index in [2.05, 4.69) is 36.4 Å². The molecule has 2 N–H and O–H groups in total. The fourth-order valence-electron chi connectivity index (χ4n) is 3.77. The van der Waals surface area contributed by atoms with Gasteiger partial charge in [-0.25, -0.2) is 9.48 Å². The van der Waals surface area contributed by atoms with Crippen molar-refractivity contribution >= 4 is 23.3 Å². The molecule has 9 heteroatoms. The van der Waals surface area contributed by atoms with Crippen LogP contribution >= 0.6 is 0 Å². The molecule has 2 aromatic carbocycles. The van der Waals surface area contributed by atoms with Gasteiger partial charge < -0.3 is 14.8 Å². The van der Waals surface area contributed by atoms with Crippen LogP contribution < -0.4 is 15.4 Å². The lowest BCUT2D eigenvalue weighted by Crippen LogP contribution is -2.21. The van der Waals surface area contributed by atoms with Gasteiger partial charge in [-0.2, -0.15) is 5.10 Å². The molecule has 0 saturated heterocycles. The number of anilines is 2. The molecule has 0 fully saturated rings. The predicted octanol–water partition coefficient (Wildman–Crippen LogP) is 6.07. The van der Waals surface area contributed by atoms with Crippen LogP contribution in [0.25, 0.3) is 5.69 Å². The molecule has 202 valence electrons. The van der Waals surface area contributed by atoms with Crippen LogP contribution in [0.1, 0.15) is 37.7 Å². The third-order valence-electron chi connectivity index (χ3n) is 5.82. The average Bonchev–Trinajstić information content (AvgIpc) is 3.30. The van der Waals surface area contributed by atoms with Crippen molar-refractivity contribution in [1.82, 2.24) is 14.8 Å². The van der Waals surface area contributed by atoms with Crippen molar-refractivity contribution < 1.29 is 19.1 Å². The number of hydrogen-bond acceptors (Lipinski definition) is 6. The number of nitrogens with one attached hydrogen (secondary N) is 2. The molecule has 9 nitrogen and oxygen atoms in total. The number of methoxy groups -OCH3 is 1. The number of urea groups is 1. The van der Waals surface area contributed by atoms with Gasteiger partial charge >= 0.3 is 6.03 Å². The summed E-state index contributed by atoms with van der Waals surface area (Å²) >= 11 is 0. The number of hydrogen-bond donors (Lipinski definition) is 2. The van der Waals surface area contributed by atoms with Gasteiger partial charge in [0, 0.05) is 36.5 Å². The molecule has 0 aliphatic carbocycles. The molecule has 2 aromatic heterocycles. The minimum Gasteiger partial charge on any atom is -0.457 e. The van der Waals surface area contributed by atoms with Crippen LogP contribution in [0, 0.1) is 6.92 Å². The first-order valence-electron chi connectivity index (χ1n) is 12.6. The molecule has 2 amide bonds. The summed E-state index contributed by atoms with van der Waals surface area (Å²) in [6.45, 7) is 8.31. The Bertz CT molecular complexity index is 1440. The highest BCUT2D eigenvalue weighted by Crippen LogP contribution is 2.27. The lowest BCUT2D eigenvalue weighted by molar-refractivity contribution is -0.122. The Morgan fingerprint density at radius 1 is 0.923 bits per heavy atom. The maximum atomic E-state index is 12.9. The Hall–Kier alpha value is -4.50. The van der Waals surface area contributed by atoms with Gasteiger partial charge in [-0.1, -0.05) is 38.5 Å². The van der Waals surface area contributed by atoms with Crippen LogP contribution in [0.5, 0.6) is 11.5 Å². The molecule has 0 unspecified atom stereocenters. The molecule has 0 atom stereocenters. The summed E-state index contributed by atoms with van der Waals surface area (Å²) in [5.74, 6) is 1.64. The second-order valence-corrected chi connectivity index (χ2v) is 10.2. The third kappa shape index (κ3) is 7.52. The molecule has 2 heterocycles. The van der Waals surface area contributed by atoms with E-state index in [-0.39, 0.29) is 24.2 Å². The number of carbonyl (C=O) groups is 2. The number of carbonyl (C=O) groups excluding carboxylic acids is 2. The zero-order chi connectivity index (χ0) is 28.0. The number of pyridine rings is 1. The van der Waals surface area contributed by atoms with Gasteiger partial charge in [-0.3, -0.25) is 15.1 Å². The second-order valence-electron chi connectivity index (χ2n) is 10.2. The summed E-state index contributed by atoms with van der Waals surface area (Å²) in [4.78, 5) is 28.9. The molecule has 0 aliphatic rings. The van der Waals surface area contributed by atoms with E-state index in [1.165, 1.54) is 7.11 Å². The Morgan fingerprint density at radius 2 is 1.64 bits per heavy atom. The number of ether oxygens (including phenoxy) is 2. The predicted molar refractivity (Wildman–Crippen MR) is 151 cm³/mol. The van der Waals surface area contributed by atoms with E-state index in [4.69, 9.17) is 14.6 Å². The summed E-state index contributed by atoms with van der Waals surface area (Å²) < 4.78 is 12.5. The van der Waals surface area contributed by atoms with Gasteiger partial charge in [0.2, 0.25) is 0 Å². The van der Waals surface area contributed by atoms with Crippen LogP contribution in [-0.2, 0) is 21.4 Å². The molecular weight excluding hydrogens is 494 g/mol. The van der Waals surface area contributed by atoms with Crippen molar-refractivity contribution in [2.45, 2.75) is 39.5 Å². The number of Topliss-reactive ketones (excluding diaryl/α,β-unsaturated/α-hetero) is 1. The van der Waals surface area contributed by atoms with Gasteiger partial charge in [-0.15, -0.1) is 0 Å². The van der Waals surface area contributed by atoms with E-state index in [0.29, 0.717) is 28.7 Å². The summed E-state index contributed by atoms with van der Waals surface area (Å²) in [5, 5.41) is 10.5. The first-order chi connectivity index (χ1) is 18.6. The summed E-state index contributed by atoms with van der Waals surface area (Å²) in [6, 6.07) is 19.9. The van der Waals surface area contributed by atoms with Crippen molar-refractivity contribution in [2.75, 3.05) is 24.4 Å². The lowest BCUT2D eigenvalue weighted by Gasteiger charge is -2.14. The van der Waals surface area contributed by atoms with Gasteiger partial charge in [0.25, 0.3) is 0 Å². The van der Waals surface area contributed by atoms with Crippen molar-refractivity contribution in [3.8, 4) is 17.2 Å². The Labute approximate surface area is 228 Å². The monoisotopic (exact) mass is 527 g/mol. The van der Waals surface area contributed by atoms with Crippen LogP contribution in [-0.4, -0.2) is 40.3 Å². The number of ketones is 1. The highest BCUT2D eigenvalue weighted by molar-refractivity contribution is 5.99. The highest BCUT2D eigenvalue weighted by Gasteiger charge is 2.21. The molecule has 4 aromatic rings. The van der Waals surface area contributed by atoms with Crippen LogP contribution in [0.15, 0.2) is 72.9 Å². The van der Waals surface area contributed by atoms with E-state index in [0.717, 1.165) is 16.9 Å². The maximum absolute atomic E-state index is 12.9. The van der Waals surface area contributed by atoms with Gasteiger partial charge in [0.1, 0.15) is 23.9 Å². The normalized spacial score (nSPS) is 11.2. The molecule has 0 aliphatic heterocycles. The Balaban J connectivity index is 1.42. The number of amides is 2. The summed E-state index contributed by atoms with van der Waals surface area (Å²) in [7, 11) is 1.48. The Morgan fingerprint density at radius 3 is 2.31 bits per heavy atom. The van der Waals surface area contributed by atoms with Crippen LogP contribution in [0.2, 0.25) is 0 Å². The van der Waals surface area contributed by atoms with Crippen molar-refractivity contribution in [3.63, 3.8) is 0 Å². The number of aryl methyl sites for hydroxylation is 1. The smallest absolute Gasteiger partial charge is 0.324 e. The minimum absolute atomic E-state index is 0.0425. The Kier molecular flexibility index (Phi) is 8.41. The quantitative estimate of drug-likeness (QED) is 0.274. The van der Waals surface area contributed by atoms with E-state index in [1.54, 1.807) is 47.3 Å². The zero-order valence-corrected chi connectivity index (χ0v) is 22.8. The molecule has 0 saturated carbocycles. The van der Waals surface area contributed by atoms with Gasteiger partial charge in [0.15, 0.2) is 5.78 Å². The minimum atomic E-state index is -0.392. The topological polar surface area (TPSA) is 107 Å². The molecule has 0 radical (unpaired) electrons. The van der Waals surface area contributed by atoms with Crippen molar-refractivity contribution in [3.05, 3.63) is 89.9 Å². The zero-order valence-electron chi connectivity index (χ0n) is 22.8. The van der Waals surface area contributed by atoms with Crippen molar-refractivity contribution in [2.24, 2.45) is 0 Å². The number of rotatable bonds is 9. The fraction of sp³-hybridized carbons (Fsp3) is 0.267. The standard InChI is InChI=1S/C30H33N5O4/c1-20-6-10-23(11-7-20)35-28(18-27(34-35)30(2,3)4)33-29(37)32-21-8-12-25(13-9-21)39-26-14-15-31-22(17-26)16-24(36)19-38-5/h6-15,17-18H,16,19H2,1-5H3,(H2,32,33,37). The lowest BCUT2D eigenvalue weighted by atomic mass is 9.92. The summed E-state index contributed by atoms with van der Waals surface area (Å²) in [5.41, 5.74) is 3.87. The van der Waals surface area contributed by atoms with Crippen LogP contribution in [0.4, 0.5) is 16.3 Å². The number of benzene rings is 2. The van der Waals surface area contributed by atoms with E-state index in [1.807, 2.05) is 37.3 Å². The molecule has 39 heavy (non-hydrogen) atoms. The molecule has 4 rings (SSSR count). The van der Waals surface area contributed by atoms with E-state index in [9.17, 15) is 9.59 Å². The molecular formula is C30H33N5O4. The largest absolute Gasteiger partial charge is 0.457 e. The first kappa shape index (κ1) is 27.5. The third-order valence-corrected chi connectivity index (χ3v) is 5.82. The highest BCUT2D eigenvalue weighted by atomic mass is 16.5. The maximum Gasteiger partial charge on any atom is 0.324 e.